The molecule has 1 aromatic carbocycles. The van der Waals surface area contributed by atoms with Crippen LogP contribution in [0.2, 0.25) is 0 Å². The first-order chi connectivity index (χ1) is 14.2. The lowest BCUT2D eigenvalue weighted by Crippen LogP contribution is -2.35. The topological polar surface area (TPSA) is 142 Å². The molecule has 2 heterocycles. The Labute approximate surface area is 170 Å². The number of anilines is 1. The van der Waals surface area contributed by atoms with Gasteiger partial charge in [0.1, 0.15) is 16.9 Å². The van der Waals surface area contributed by atoms with Crippen LogP contribution in [0.4, 0.5) is 5.82 Å². The van der Waals surface area contributed by atoms with Crippen molar-refractivity contribution in [2.75, 3.05) is 12.3 Å². The number of rotatable bonds is 6. The average Bonchev–Trinajstić information content (AvgIpc) is 2.98. The molecule has 10 heteroatoms. The minimum Gasteiger partial charge on any atom is -0.454 e. The Balaban J connectivity index is 1.77. The lowest BCUT2D eigenvalue weighted by atomic mass is 10.2. The zero-order chi connectivity index (χ0) is 22.0. The Bertz CT molecular complexity index is 1240. The molecule has 156 valence electrons. The summed E-state index contributed by atoms with van der Waals surface area (Å²) in [7, 11) is 1.31. The number of nitrogens with two attached hydrogens (primary N) is 1. The number of nitrogen functional groups attached to an aromatic ring is 1. The highest BCUT2D eigenvalue weighted by Crippen LogP contribution is 2.16. The maximum absolute atomic E-state index is 12.6. The van der Waals surface area contributed by atoms with Crippen LogP contribution in [0.3, 0.4) is 0 Å². The normalized spacial score (nSPS) is 10.8. The smallest absolute Gasteiger partial charge is 0.342 e. The number of hydrogen-bond acceptors (Lipinski definition) is 7. The fourth-order valence-electron chi connectivity index (χ4n) is 3.08. The van der Waals surface area contributed by atoms with Crippen LogP contribution in [-0.4, -0.2) is 37.7 Å². The van der Waals surface area contributed by atoms with Gasteiger partial charge in [0.25, 0.3) is 5.56 Å². The molecule has 0 aliphatic heterocycles. The van der Waals surface area contributed by atoms with E-state index in [9.17, 15) is 19.2 Å². The number of esters is 1. The summed E-state index contributed by atoms with van der Waals surface area (Å²) in [6.45, 7) is 3.18. The molecular formula is C20H21N5O5. The fourth-order valence-corrected chi connectivity index (χ4v) is 3.08. The number of aromatic amines is 1. The highest BCUT2D eigenvalue weighted by atomic mass is 16.5. The maximum atomic E-state index is 12.6. The highest BCUT2D eigenvalue weighted by Gasteiger charge is 2.23. The molecule has 0 saturated carbocycles. The third-order valence-electron chi connectivity index (χ3n) is 4.74. The minimum absolute atomic E-state index is 0.251. The van der Waals surface area contributed by atoms with Crippen molar-refractivity contribution in [3.05, 3.63) is 79.2 Å². The van der Waals surface area contributed by atoms with E-state index in [-0.39, 0.29) is 11.4 Å². The van der Waals surface area contributed by atoms with E-state index in [0.717, 1.165) is 10.1 Å². The fraction of sp³-hybridized carbons (Fsp3) is 0.250. The molecule has 0 aliphatic rings. The monoisotopic (exact) mass is 411 g/mol. The van der Waals surface area contributed by atoms with Crippen LogP contribution in [-0.2, 0) is 18.3 Å². The molecule has 30 heavy (non-hydrogen) atoms. The number of nitrogens with zero attached hydrogens (tertiary/aromatic N) is 3. The van der Waals surface area contributed by atoms with Crippen molar-refractivity contribution >= 4 is 17.6 Å². The van der Waals surface area contributed by atoms with E-state index in [4.69, 9.17) is 10.5 Å². The van der Waals surface area contributed by atoms with Crippen LogP contribution in [0.1, 0.15) is 37.7 Å². The van der Waals surface area contributed by atoms with E-state index in [1.807, 2.05) is 35.3 Å². The van der Waals surface area contributed by atoms with Crippen molar-refractivity contribution in [2.24, 2.45) is 7.05 Å². The second-order valence-electron chi connectivity index (χ2n) is 6.77. The van der Waals surface area contributed by atoms with E-state index < -0.39 is 35.2 Å². The molecule has 0 saturated heterocycles. The zero-order valence-electron chi connectivity index (χ0n) is 16.8. The van der Waals surface area contributed by atoms with Gasteiger partial charge in [0, 0.05) is 7.05 Å². The molecule has 0 fully saturated rings. The van der Waals surface area contributed by atoms with Crippen LogP contribution in [0.5, 0.6) is 0 Å². The molecule has 2 aromatic heterocycles. The molecule has 3 rings (SSSR count). The predicted octanol–water partition coefficient (Wildman–Crippen LogP) is 0.557. The summed E-state index contributed by atoms with van der Waals surface area (Å²) < 4.78 is 7.72. The standard InChI is InChI=1S/C20H21N5O5/c1-11-15(12(2)25(23-11)9-13-7-5-4-6-8-13)19(28)30-10-14(26)16-17(21)24(3)20(29)22-18(16)27/h4-8H,9-10,21H2,1-3H3,(H,22,27,29). The molecule has 0 atom stereocenters. The number of H-pyrrole nitrogens is 1. The number of aromatic nitrogens is 4. The Morgan fingerprint density at radius 3 is 2.47 bits per heavy atom. The number of ketones is 1. The first-order valence-corrected chi connectivity index (χ1v) is 9.07. The van der Waals surface area contributed by atoms with Crippen molar-refractivity contribution in [3.8, 4) is 0 Å². The number of carbonyl (C=O) groups is 2. The average molecular weight is 411 g/mol. The second kappa shape index (κ2) is 8.19. The van der Waals surface area contributed by atoms with Gasteiger partial charge in [-0.25, -0.2) is 9.59 Å². The molecule has 0 amide bonds. The summed E-state index contributed by atoms with van der Waals surface area (Å²) >= 11 is 0. The van der Waals surface area contributed by atoms with Crippen LogP contribution < -0.4 is 17.0 Å². The minimum atomic E-state index is -0.931. The number of aryl methyl sites for hydroxylation is 1. The van der Waals surface area contributed by atoms with E-state index in [0.29, 0.717) is 17.9 Å². The molecule has 0 unspecified atom stereocenters. The number of nitrogens with one attached hydrogen (secondary N) is 1. The summed E-state index contributed by atoms with van der Waals surface area (Å²) in [5.41, 5.74) is 5.90. The highest BCUT2D eigenvalue weighted by molar-refractivity contribution is 6.02. The van der Waals surface area contributed by atoms with Gasteiger partial charge in [-0.2, -0.15) is 5.10 Å². The molecule has 0 aliphatic carbocycles. The van der Waals surface area contributed by atoms with E-state index in [2.05, 4.69) is 5.10 Å². The van der Waals surface area contributed by atoms with Gasteiger partial charge in [-0.15, -0.1) is 0 Å². The van der Waals surface area contributed by atoms with Gasteiger partial charge < -0.3 is 10.5 Å². The van der Waals surface area contributed by atoms with Crippen molar-refractivity contribution in [1.29, 1.82) is 0 Å². The third kappa shape index (κ3) is 3.93. The lowest BCUT2D eigenvalue weighted by molar-refractivity contribution is 0.0472. The zero-order valence-corrected chi connectivity index (χ0v) is 16.8. The Morgan fingerprint density at radius 2 is 1.80 bits per heavy atom. The Kier molecular flexibility index (Phi) is 5.67. The number of benzene rings is 1. The van der Waals surface area contributed by atoms with Gasteiger partial charge in [0.15, 0.2) is 6.61 Å². The first-order valence-electron chi connectivity index (χ1n) is 9.07. The van der Waals surface area contributed by atoms with E-state index >= 15 is 0 Å². The van der Waals surface area contributed by atoms with Gasteiger partial charge in [0.05, 0.1) is 17.9 Å². The van der Waals surface area contributed by atoms with E-state index in [1.165, 1.54) is 7.05 Å². The maximum Gasteiger partial charge on any atom is 0.342 e. The molecule has 0 spiro atoms. The van der Waals surface area contributed by atoms with Crippen molar-refractivity contribution in [1.82, 2.24) is 19.3 Å². The number of hydrogen-bond donors (Lipinski definition) is 2. The second-order valence-corrected chi connectivity index (χ2v) is 6.77. The Hall–Kier alpha value is -3.95. The molecule has 3 aromatic rings. The number of carbonyl (C=O) groups excluding carboxylic acids is 2. The van der Waals surface area contributed by atoms with Gasteiger partial charge in [-0.3, -0.25) is 23.8 Å². The van der Waals surface area contributed by atoms with Gasteiger partial charge in [-0.1, -0.05) is 30.3 Å². The predicted molar refractivity (Wildman–Crippen MR) is 109 cm³/mol. The van der Waals surface area contributed by atoms with Crippen molar-refractivity contribution in [3.63, 3.8) is 0 Å². The van der Waals surface area contributed by atoms with Gasteiger partial charge >= 0.3 is 11.7 Å². The SMILES string of the molecule is Cc1nn(Cc2ccccc2)c(C)c1C(=O)OCC(=O)c1c(N)n(C)c(=O)[nH]c1=O. The quantitative estimate of drug-likeness (QED) is 0.446. The molecule has 0 radical (unpaired) electrons. The first kappa shape index (κ1) is 20.8. The number of ether oxygens (including phenoxy) is 1. The third-order valence-corrected chi connectivity index (χ3v) is 4.74. The molecular weight excluding hydrogens is 390 g/mol. The molecule has 0 bridgehead atoms. The van der Waals surface area contributed by atoms with Gasteiger partial charge in [-0.05, 0) is 19.4 Å². The molecule has 3 N–H and O–H groups in total. The molecule has 10 nitrogen and oxygen atoms in total. The van der Waals surface area contributed by atoms with Crippen LogP contribution in [0.15, 0.2) is 39.9 Å². The Morgan fingerprint density at radius 1 is 1.13 bits per heavy atom. The summed E-state index contributed by atoms with van der Waals surface area (Å²) in [4.78, 5) is 50.4. The van der Waals surface area contributed by atoms with Crippen LogP contribution in [0, 0.1) is 13.8 Å². The van der Waals surface area contributed by atoms with Gasteiger partial charge in [0.2, 0.25) is 5.78 Å². The van der Waals surface area contributed by atoms with Crippen molar-refractivity contribution in [2.45, 2.75) is 20.4 Å². The van der Waals surface area contributed by atoms with E-state index in [1.54, 1.807) is 18.5 Å². The summed E-state index contributed by atoms with van der Waals surface area (Å²) in [6, 6.07) is 9.63. The van der Waals surface area contributed by atoms with Crippen LogP contribution in [0.25, 0.3) is 0 Å². The summed E-state index contributed by atoms with van der Waals surface area (Å²) in [5.74, 6) is -1.85. The number of Topliss-reactive ketones (excluding diaryl/α,β-unsaturated/α-hetero) is 1. The van der Waals surface area contributed by atoms with Crippen LogP contribution >= 0.6 is 0 Å². The lowest BCUT2D eigenvalue weighted by Gasteiger charge is -2.09. The van der Waals surface area contributed by atoms with Crippen molar-refractivity contribution < 1.29 is 14.3 Å². The summed E-state index contributed by atoms with van der Waals surface area (Å²) in [5, 5.41) is 4.38. The summed E-state index contributed by atoms with van der Waals surface area (Å²) in [6.07, 6.45) is 0. The largest absolute Gasteiger partial charge is 0.454 e.